The first-order chi connectivity index (χ1) is 8.85. The van der Waals surface area contributed by atoms with Gasteiger partial charge >= 0.3 is 0 Å². The minimum absolute atomic E-state index is 0.505. The number of hydrogen-bond donors (Lipinski definition) is 1. The number of rotatable bonds is 5. The van der Waals surface area contributed by atoms with Crippen molar-refractivity contribution in [3.8, 4) is 0 Å². The van der Waals surface area contributed by atoms with Crippen molar-refractivity contribution in [3.05, 3.63) is 35.9 Å². The van der Waals surface area contributed by atoms with Crippen molar-refractivity contribution in [2.75, 3.05) is 19.6 Å². The average Bonchev–Trinajstić information content (AvgIpc) is 2.46. The summed E-state index contributed by atoms with van der Waals surface area (Å²) >= 11 is 0. The average molecular weight is 246 g/mol. The summed E-state index contributed by atoms with van der Waals surface area (Å²) < 4.78 is 0. The summed E-state index contributed by atoms with van der Waals surface area (Å²) in [6.45, 7) is 8.07. The van der Waals surface area contributed by atoms with E-state index in [0.717, 1.165) is 19.1 Å². The van der Waals surface area contributed by atoms with Crippen LogP contribution in [0.4, 0.5) is 0 Å². The molecular weight excluding hydrogens is 220 g/mol. The maximum absolute atomic E-state index is 3.64. The van der Waals surface area contributed by atoms with Crippen LogP contribution in [0.25, 0.3) is 0 Å². The predicted molar refractivity (Wildman–Crippen MR) is 77.7 cm³/mol. The highest BCUT2D eigenvalue weighted by Crippen LogP contribution is 2.21. The van der Waals surface area contributed by atoms with Crippen LogP contribution in [0, 0.1) is 0 Å². The molecule has 1 aliphatic rings. The van der Waals surface area contributed by atoms with Crippen molar-refractivity contribution in [2.45, 2.75) is 45.2 Å². The number of nitrogens with zero attached hydrogens (tertiary/aromatic N) is 1. The zero-order chi connectivity index (χ0) is 12.8. The van der Waals surface area contributed by atoms with Crippen LogP contribution in [-0.2, 0) is 0 Å². The number of piperazine rings is 1. The van der Waals surface area contributed by atoms with Gasteiger partial charge in [0.15, 0.2) is 0 Å². The first-order valence-corrected chi connectivity index (χ1v) is 7.37. The quantitative estimate of drug-likeness (QED) is 0.858. The van der Waals surface area contributed by atoms with Crippen LogP contribution in [0.15, 0.2) is 30.3 Å². The van der Waals surface area contributed by atoms with E-state index in [-0.39, 0.29) is 0 Å². The van der Waals surface area contributed by atoms with Gasteiger partial charge in [0.2, 0.25) is 0 Å². The first-order valence-electron chi connectivity index (χ1n) is 7.37. The van der Waals surface area contributed by atoms with Crippen LogP contribution in [0.3, 0.4) is 0 Å². The molecule has 100 valence electrons. The maximum Gasteiger partial charge on any atom is 0.0449 e. The summed E-state index contributed by atoms with van der Waals surface area (Å²) in [6.07, 6.45) is 3.89. The molecule has 0 aliphatic carbocycles. The van der Waals surface area contributed by atoms with E-state index in [1.165, 1.54) is 31.4 Å². The monoisotopic (exact) mass is 246 g/mol. The SMILES string of the molecule is CCCC(CC)N1CCNC(c2ccccc2)C1. The van der Waals surface area contributed by atoms with Gasteiger partial charge in [-0.1, -0.05) is 50.6 Å². The van der Waals surface area contributed by atoms with Crippen LogP contribution in [0.2, 0.25) is 0 Å². The smallest absolute Gasteiger partial charge is 0.0449 e. The molecule has 2 atom stereocenters. The highest BCUT2D eigenvalue weighted by atomic mass is 15.2. The predicted octanol–water partition coefficient (Wildman–Crippen LogP) is 3.21. The summed E-state index contributed by atoms with van der Waals surface area (Å²) in [7, 11) is 0. The van der Waals surface area contributed by atoms with Crippen LogP contribution >= 0.6 is 0 Å². The third kappa shape index (κ3) is 3.33. The summed E-state index contributed by atoms with van der Waals surface area (Å²) in [5.74, 6) is 0. The lowest BCUT2D eigenvalue weighted by atomic mass is 10.0. The Hall–Kier alpha value is -0.860. The molecule has 1 aromatic rings. The van der Waals surface area contributed by atoms with E-state index in [0.29, 0.717) is 6.04 Å². The number of benzene rings is 1. The zero-order valence-corrected chi connectivity index (χ0v) is 11.7. The highest BCUT2D eigenvalue weighted by Gasteiger charge is 2.24. The molecule has 1 fully saturated rings. The summed E-state index contributed by atoms with van der Waals surface area (Å²) in [5, 5.41) is 3.64. The van der Waals surface area contributed by atoms with E-state index in [9.17, 15) is 0 Å². The normalized spacial score (nSPS) is 22.9. The van der Waals surface area contributed by atoms with E-state index >= 15 is 0 Å². The molecule has 0 bridgehead atoms. The molecule has 1 aliphatic heterocycles. The van der Waals surface area contributed by atoms with E-state index < -0.39 is 0 Å². The van der Waals surface area contributed by atoms with E-state index in [4.69, 9.17) is 0 Å². The topological polar surface area (TPSA) is 15.3 Å². The lowest BCUT2D eigenvalue weighted by Crippen LogP contribution is -2.49. The van der Waals surface area contributed by atoms with Gasteiger partial charge in [-0.2, -0.15) is 0 Å². The summed E-state index contributed by atoms with van der Waals surface area (Å²) in [4.78, 5) is 2.68. The minimum atomic E-state index is 0.505. The fraction of sp³-hybridized carbons (Fsp3) is 0.625. The van der Waals surface area contributed by atoms with Crippen molar-refractivity contribution in [2.24, 2.45) is 0 Å². The Bertz CT molecular complexity index is 336. The standard InChI is InChI=1S/C16H26N2/c1-3-8-15(4-2)18-12-11-17-16(13-18)14-9-6-5-7-10-14/h5-7,9-10,15-17H,3-4,8,11-13H2,1-2H3. The lowest BCUT2D eigenvalue weighted by Gasteiger charge is -2.39. The maximum atomic E-state index is 3.64. The molecule has 1 saturated heterocycles. The number of nitrogens with one attached hydrogen (secondary N) is 1. The van der Waals surface area contributed by atoms with Gasteiger partial charge in [0, 0.05) is 31.7 Å². The largest absolute Gasteiger partial charge is 0.308 e. The molecule has 0 aromatic heterocycles. The molecule has 1 aromatic carbocycles. The Morgan fingerprint density at radius 2 is 2.06 bits per heavy atom. The van der Waals surface area contributed by atoms with Crippen LogP contribution < -0.4 is 5.32 Å². The molecule has 2 rings (SSSR count). The molecule has 18 heavy (non-hydrogen) atoms. The second-order valence-corrected chi connectivity index (χ2v) is 5.26. The lowest BCUT2D eigenvalue weighted by molar-refractivity contribution is 0.132. The molecule has 1 heterocycles. The minimum Gasteiger partial charge on any atom is -0.308 e. The van der Waals surface area contributed by atoms with E-state index in [1.54, 1.807) is 0 Å². The van der Waals surface area contributed by atoms with Gasteiger partial charge < -0.3 is 5.32 Å². The molecule has 2 nitrogen and oxygen atoms in total. The van der Waals surface area contributed by atoms with Crippen molar-refractivity contribution in [1.82, 2.24) is 10.2 Å². The summed E-state index contributed by atoms with van der Waals surface area (Å²) in [6, 6.07) is 12.1. The molecular formula is C16H26N2. The van der Waals surface area contributed by atoms with E-state index in [1.807, 2.05) is 0 Å². The highest BCUT2D eigenvalue weighted by molar-refractivity contribution is 5.19. The Balaban J connectivity index is 2.00. The van der Waals surface area contributed by atoms with Gasteiger partial charge in [-0.25, -0.2) is 0 Å². The van der Waals surface area contributed by atoms with Gasteiger partial charge in [-0.3, -0.25) is 4.90 Å². The molecule has 0 radical (unpaired) electrons. The third-order valence-electron chi connectivity index (χ3n) is 4.02. The fourth-order valence-electron chi connectivity index (χ4n) is 2.99. The van der Waals surface area contributed by atoms with Crippen LogP contribution in [0.1, 0.15) is 44.7 Å². The van der Waals surface area contributed by atoms with Gasteiger partial charge in [0.05, 0.1) is 0 Å². The first kappa shape index (κ1) is 13.6. The zero-order valence-electron chi connectivity index (χ0n) is 11.7. The molecule has 2 unspecified atom stereocenters. The third-order valence-corrected chi connectivity index (χ3v) is 4.02. The Labute approximate surface area is 111 Å². The van der Waals surface area contributed by atoms with Crippen molar-refractivity contribution in [1.29, 1.82) is 0 Å². The summed E-state index contributed by atoms with van der Waals surface area (Å²) in [5.41, 5.74) is 1.42. The van der Waals surface area contributed by atoms with Crippen LogP contribution in [0.5, 0.6) is 0 Å². The Morgan fingerprint density at radius 3 is 2.72 bits per heavy atom. The molecule has 2 heteroatoms. The molecule has 0 spiro atoms. The van der Waals surface area contributed by atoms with Crippen molar-refractivity contribution >= 4 is 0 Å². The second kappa shape index (κ2) is 6.91. The van der Waals surface area contributed by atoms with Crippen molar-refractivity contribution < 1.29 is 0 Å². The fourth-order valence-corrected chi connectivity index (χ4v) is 2.99. The van der Waals surface area contributed by atoms with Crippen LogP contribution in [-0.4, -0.2) is 30.6 Å². The molecule has 1 N–H and O–H groups in total. The van der Waals surface area contributed by atoms with Gasteiger partial charge in [-0.15, -0.1) is 0 Å². The Kier molecular flexibility index (Phi) is 5.21. The molecule has 0 amide bonds. The van der Waals surface area contributed by atoms with E-state index in [2.05, 4.69) is 54.4 Å². The van der Waals surface area contributed by atoms with Gasteiger partial charge in [-0.05, 0) is 18.4 Å². The molecule has 0 saturated carbocycles. The van der Waals surface area contributed by atoms with Gasteiger partial charge in [0.1, 0.15) is 0 Å². The van der Waals surface area contributed by atoms with Gasteiger partial charge in [0.25, 0.3) is 0 Å². The Morgan fingerprint density at radius 1 is 1.28 bits per heavy atom. The number of hydrogen-bond acceptors (Lipinski definition) is 2. The second-order valence-electron chi connectivity index (χ2n) is 5.26. The van der Waals surface area contributed by atoms with Crippen molar-refractivity contribution in [3.63, 3.8) is 0 Å².